The van der Waals surface area contributed by atoms with Crippen LogP contribution in [0.1, 0.15) is 85.5 Å². The lowest BCUT2D eigenvalue weighted by Gasteiger charge is -2.59. The second kappa shape index (κ2) is 9.27. The largest absolute Gasteiger partial charge is 0.478 e. The molecule has 0 aromatic rings. The number of aliphatic hydroxyl groups is 1. The van der Waals surface area contributed by atoms with Crippen LogP contribution in [0.4, 0.5) is 0 Å². The van der Waals surface area contributed by atoms with E-state index < -0.39 is 40.9 Å². The highest BCUT2D eigenvalue weighted by Gasteiger charge is 2.62. The molecule has 8 atom stereocenters. The van der Waals surface area contributed by atoms with Gasteiger partial charge in [0.25, 0.3) is 0 Å². The monoisotopic (exact) mass is 498 g/mol. The molecule has 0 spiro atoms. The summed E-state index contributed by atoms with van der Waals surface area (Å²) >= 11 is 0. The summed E-state index contributed by atoms with van der Waals surface area (Å²) in [5.74, 6) is -2.37. The number of aliphatic carboxylic acids is 1. The Hall–Kier alpha value is -2.21. The second-order valence-corrected chi connectivity index (χ2v) is 12.6. The predicted molar refractivity (Wildman–Crippen MR) is 137 cm³/mol. The highest BCUT2D eigenvalue weighted by molar-refractivity contribution is 6.03. The first-order valence-corrected chi connectivity index (χ1v) is 13.5. The van der Waals surface area contributed by atoms with Gasteiger partial charge in [-0.05, 0) is 80.6 Å². The maximum atomic E-state index is 13.5. The number of carboxylic acid groups (broad SMARTS) is 1. The number of rotatable bonds is 5. The second-order valence-electron chi connectivity index (χ2n) is 12.6. The Bertz CT molecular complexity index is 1020. The zero-order valence-electron chi connectivity index (χ0n) is 22.3. The minimum atomic E-state index is -1.27. The summed E-state index contributed by atoms with van der Waals surface area (Å²) in [6, 6.07) is 0. The van der Waals surface area contributed by atoms with Crippen molar-refractivity contribution in [3.05, 3.63) is 36.0 Å². The number of ketones is 1. The first-order chi connectivity index (χ1) is 16.7. The Balaban J connectivity index is 1.59. The summed E-state index contributed by atoms with van der Waals surface area (Å²) < 4.78 is 6.00. The maximum Gasteiger partial charge on any atom is 0.334 e. The van der Waals surface area contributed by atoms with Crippen molar-refractivity contribution < 1.29 is 29.3 Å². The highest BCUT2D eigenvalue weighted by Crippen LogP contribution is 2.59. The highest BCUT2D eigenvalue weighted by atomic mass is 16.6. The average molecular weight is 499 g/mol. The molecule has 4 aliphatic rings. The summed E-state index contributed by atoms with van der Waals surface area (Å²) in [5.41, 5.74) is -0.666. The lowest BCUT2D eigenvalue weighted by atomic mass is 9.50. The van der Waals surface area contributed by atoms with Crippen LogP contribution in [0.15, 0.2) is 36.0 Å². The molecule has 36 heavy (non-hydrogen) atoms. The van der Waals surface area contributed by atoms with E-state index in [0.29, 0.717) is 25.2 Å². The first-order valence-electron chi connectivity index (χ1n) is 13.5. The molecule has 2 N–H and O–H groups in total. The Morgan fingerprint density at radius 2 is 1.72 bits per heavy atom. The standard InChI is InChI=1S/C30H42O6/c1-17-9-7-11-22-14-24(31)23(16-28(17,22)5)20(4)27(34)36-25-13-21(19(3)26(32)33)15-29(6)18(2)10-8-12-30(25,29)35/h14,17-18,21,23,25,35H,3-4,7-13,15-16H2,1-2,5-6H3,(H,32,33)/t17-,18-,21+,23-,25+,28+,29+,30-/m0/s1. The summed E-state index contributed by atoms with van der Waals surface area (Å²) in [6.45, 7) is 16.2. The number of hydrogen-bond donors (Lipinski definition) is 2. The van der Waals surface area contributed by atoms with Crippen LogP contribution in [-0.4, -0.2) is 39.6 Å². The Labute approximate surface area is 214 Å². The fraction of sp³-hybridized carbons (Fsp3) is 0.700. The van der Waals surface area contributed by atoms with E-state index in [0.717, 1.165) is 32.1 Å². The Kier molecular flexibility index (Phi) is 6.91. The molecule has 0 radical (unpaired) electrons. The number of carbonyl (C=O) groups excluding carboxylic acids is 2. The van der Waals surface area contributed by atoms with Crippen molar-refractivity contribution >= 4 is 17.7 Å². The van der Waals surface area contributed by atoms with Gasteiger partial charge in [-0.3, -0.25) is 4.79 Å². The molecule has 6 heteroatoms. The van der Waals surface area contributed by atoms with Crippen molar-refractivity contribution in [2.45, 2.75) is 97.2 Å². The van der Waals surface area contributed by atoms with E-state index in [9.17, 15) is 24.6 Å². The van der Waals surface area contributed by atoms with Gasteiger partial charge in [-0.25, -0.2) is 9.59 Å². The van der Waals surface area contributed by atoms with Gasteiger partial charge in [-0.2, -0.15) is 0 Å². The maximum absolute atomic E-state index is 13.5. The molecule has 4 aliphatic carbocycles. The zero-order chi connectivity index (χ0) is 26.6. The van der Waals surface area contributed by atoms with E-state index in [1.54, 1.807) is 6.08 Å². The summed E-state index contributed by atoms with van der Waals surface area (Å²) in [7, 11) is 0. The normalized spacial score (nSPS) is 42.4. The predicted octanol–water partition coefficient (Wildman–Crippen LogP) is 5.40. The minimum Gasteiger partial charge on any atom is -0.478 e. The fourth-order valence-corrected chi connectivity index (χ4v) is 7.78. The van der Waals surface area contributed by atoms with E-state index in [4.69, 9.17) is 4.74 Å². The Morgan fingerprint density at radius 1 is 1.06 bits per heavy atom. The Morgan fingerprint density at radius 3 is 2.39 bits per heavy atom. The third-order valence-corrected chi connectivity index (χ3v) is 10.9. The van der Waals surface area contributed by atoms with Gasteiger partial charge < -0.3 is 14.9 Å². The molecule has 0 unspecified atom stereocenters. The van der Waals surface area contributed by atoms with Crippen LogP contribution in [0.3, 0.4) is 0 Å². The van der Waals surface area contributed by atoms with Gasteiger partial charge in [0.1, 0.15) is 11.7 Å². The quantitative estimate of drug-likeness (QED) is 0.389. The molecule has 0 saturated heterocycles. The molecule has 0 aromatic carbocycles. The molecule has 4 rings (SSSR count). The number of hydrogen-bond acceptors (Lipinski definition) is 5. The molecular weight excluding hydrogens is 456 g/mol. The molecule has 6 nitrogen and oxygen atoms in total. The molecule has 198 valence electrons. The molecule has 0 heterocycles. The SMILES string of the molecule is C=C(C(=O)O)[C@@H]1C[C@@H](OC(=O)C(=C)[C@@H]2C[C@@]3(C)C(=CC2=O)CCC[C@@H]3C)[C@@]2(O)CCC[C@H](C)[C@@]2(C)C1. The number of esters is 1. The van der Waals surface area contributed by atoms with E-state index >= 15 is 0 Å². The lowest BCUT2D eigenvalue weighted by molar-refractivity contribution is -0.233. The average Bonchev–Trinajstić information content (AvgIpc) is 2.81. The molecule has 0 aliphatic heterocycles. The van der Waals surface area contributed by atoms with Crippen LogP contribution in [0, 0.1) is 34.5 Å². The molecular formula is C30H42O6. The summed E-state index contributed by atoms with van der Waals surface area (Å²) in [6.07, 6.45) is 7.33. The van der Waals surface area contributed by atoms with E-state index in [2.05, 4.69) is 33.9 Å². The van der Waals surface area contributed by atoms with Crippen molar-refractivity contribution in [3.63, 3.8) is 0 Å². The van der Waals surface area contributed by atoms with Gasteiger partial charge in [0, 0.05) is 16.6 Å². The topological polar surface area (TPSA) is 101 Å². The molecule has 0 aromatic heterocycles. The van der Waals surface area contributed by atoms with Crippen LogP contribution in [0.25, 0.3) is 0 Å². The van der Waals surface area contributed by atoms with Gasteiger partial charge in [0.15, 0.2) is 5.78 Å². The number of ether oxygens (including phenoxy) is 1. The first kappa shape index (κ1) is 26.8. The number of carbonyl (C=O) groups is 3. The third-order valence-electron chi connectivity index (χ3n) is 10.9. The van der Waals surface area contributed by atoms with Crippen molar-refractivity contribution in [1.82, 2.24) is 0 Å². The number of allylic oxidation sites excluding steroid dienone is 2. The van der Waals surface area contributed by atoms with Crippen molar-refractivity contribution in [2.75, 3.05) is 0 Å². The van der Waals surface area contributed by atoms with Gasteiger partial charge in [0.2, 0.25) is 0 Å². The fourth-order valence-electron chi connectivity index (χ4n) is 7.78. The number of carboxylic acids is 1. The van der Waals surface area contributed by atoms with E-state index in [1.165, 1.54) is 5.57 Å². The van der Waals surface area contributed by atoms with Crippen LogP contribution < -0.4 is 0 Å². The smallest absolute Gasteiger partial charge is 0.334 e. The van der Waals surface area contributed by atoms with Crippen LogP contribution in [-0.2, 0) is 19.1 Å². The van der Waals surface area contributed by atoms with Crippen molar-refractivity contribution in [3.8, 4) is 0 Å². The van der Waals surface area contributed by atoms with Gasteiger partial charge in [0.05, 0.1) is 5.92 Å². The van der Waals surface area contributed by atoms with Crippen LogP contribution in [0.5, 0.6) is 0 Å². The van der Waals surface area contributed by atoms with Gasteiger partial charge in [-0.15, -0.1) is 0 Å². The third kappa shape index (κ3) is 4.09. The van der Waals surface area contributed by atoms with Crippen LogP contribution >= 0.6 is 0 Å². The molecule has 0 amide bonds. The molecule has 3 saturated carbocycles. The molecule has 3 fully saturated rings. The van der Waals surface area contributed by atoms with Crippen molar-refractivity contribution in [1.29, 1.82) is 0 Å². The summed E-state index contributed by atoms with van der Waals surface area (Å²) in [4.78, 5) is 38.3. The van der Waals surface area contributed by atoms with Gasteiger partial charge in [-0.1, -0.05) is 52.8 Å². The van der Waals surface area contributed by atoms with E-state index in [-0.39, 0.29) is 34.7 Å². The van der Waals surface area contributed by atoms with E-state index in [1.807, 2.05) is 6.92 Å². The zero-order valence-corrected chi connectivity index (χ0v) is 22.3. The van der Waals surface area contributed by atoms with Crippen LogP contribution in [0.2, 0.25) is 0 Å². The molecule has 0 bridgehead atoms. The summed E-state index contributed by atoms with van der Waals surface area (Å²) in [5, 5.41) is 21.6. The minimum absolute atomic E-state index is 0.0789. The van der Waals surface area contributed by atoms with Crippen molar-refractivity contribution in [2.24, 2.45) is 34.5 Å². The van der Waals surface area contributed by atoms with Gasteiger partial charge >= 0.3 is 11.9 Å². The lowest BCUT2D eigenvalue weighted by Crippen LogP contribution is -2.64. The number of fused-ring (bicyclic) bond motifs is 2.